The molecule has 3 nitrogen and oxygen atoms in total. The molecule has 2 aromatic rings. The highest BCUT2D eigenvalue weighted by molar-refractivity contribution is 6.30. The number of nitrogens with one attached hydrogen (secondary N) is 1. The Morgan fingerprint density at radius 3 is 2.95 bits per heavy atom. The minimum atomic E-state index is -0.464. The lowest BCUT2D eigenvalue weighted by Crippen LogP contribution is -2.03. The van der Waals surface area contributed by atoms with E-state index in [9.17, 15) is 4.39 Å². The SMILES string of the molecule is CCOc1cccc(CNc2ncc(Cl)cc2F)c1. The van der Waals surface area contributed by atoms with E-state index >= 15 is 0 Å². The van der Waals surface area contributed by atoms with E-state index < -0.39 is 5.82 Å². The molecule has 100 valence electrons. The van der Waals surface area contributed by atoms with Crippen LogP contribution < -0.4 is 10.1 Å². The van der Waals surface area contributed by atoms with Crippen molar-refractivity contribution in [3.63, 3.8) is 0 Å². The molecule has 0 saturated carbocycles. The summed E-state index contributed by atoms with van der Waals surface area (Å²) in [5, 5.41) is 3.20. The summed E-state index contributed by atoms with van der Waals surface area (Å²) in [6, 6.07) is 8.85. The molecule has 2 rings (SSSR count). The first-order valence-corrected chi connectivity index (χ1v) is 6.33. The molecule has 0 amide bonds. The number of hydrogen-bond donors (Lipinski definition) is 1. The van der Waals surface area contributed by atoms with Gasteiger partial charge in [0.05, 0.1) is 11.6 Å². The Labute approximate surface area is 116 Å². The minimum Gasteiger partial charge on any atom is -0.494 e. The van der Waals surface area contributed by atoms with Gasteiger partial charge in [-0.2, -0.15) is 0 Å². The number of nitrogens with zero attached hydrogens (tertiary/aromatic N) is 1. The first kappa shape index (κ1) is 13.6. The predicted octanol–water partition coefficient (Wildman–Crippen LogP) is 3.88. The summed E-state index contributed by atoms with van der Waals surface area (Å²) >= 11 is 5.64. The Kier molecular flexibility index (Phi) is 4.58. The van der Waals surface area contributed by atoms with Crippen LogP contribution in [0.3, 0.4) is 0 Å². The summed E-state index contributed by atoms with van der Waals surface area (Å²) in [6.07, 6.45) is 1.41. The molecule has 19 heavy (non-hydrogen) atoms. The van der Waals surface area contributed by atoms with Gasteiger partial charge in [0.15, 0.2) is 11.6 Å². The van der Waals surface area contributed by atoms with E-state index in [4.69, 9.17) is 16.3 Å². The summed E-state index contributed by atoms with van der Waals surface area (Å²) in [5.41, 5.74) is 0.988. The van der Waals surface area contributed by atoms with Crippen molar-refractivity contribution >= 4 is 17.4 Å². The number of rotatable bonds is 5. The van der Waals surface area contributed by atoms with Crippen LogP contribution in [-0.4, -0.2) is 11.6 Å². The molecule has 0 unspecified atom stereocenters. The molecule has 1 heterocycles. The van der Waals surface area contributed by atoms with Crippen molar-refractivity contribution < 1.29 is 9.13 Å². The number of pyridine rings is 1. The third kappa shape index (κ3) is 3.83. The predicted molar refractivity (Wildman–Crippen MR) is 74.1 cm³/mol. The number of hydrogen-bond acceptors (Lipinski definition) is 3. The number of halogens is 2. The molecule has 0 fully saturated rings. The topological polar surface area (TPSA) is 34.1 Å². The van der Waals surface area contributed by atoms with E-state index in [0.29, 0.717) is 13.2 Å². The van der Waals surface area contributed by atoms with Gasteiger partial charge < -0.3 is 10.1 Å². The van der Waals surface area contributed by atoms with Gasteiger partial charge in [-0.1, -0.05) is 23.7 Å². The lowest BCUT2D eigenvalue weighted by Gasteiger charge is -2.08. The molecule has 0 aliphatic heterocycles. The molecular formula is C14H14ClFN2O. The molecule has 0 atom stereocenters. The van der Waals surface area contributed by atoms with E-state index in [1.165, 1.54) is 12.3 Å². The van der Waals surface area contributed by atoms with Crippen LogP contribution in [0.25, 0.3) is 0 Å². The van der Waals surface area contributed by atoms with Crippen LogP contribution >= 0.6 is 11.6 Å². The van der Waals surface area contributed by atoms with Crippen molar-refractivity contribution in [3.05, 3.63) is 52.9 Å². The summed E-state index contributed by atoms with van der Waals surface area (Å²) in [7, 11) is 0. The smallest absolute Gasteiger partial charge is 0.166 e. The summed E-state index contributed by atoms with van der Waals surface area (Å²) in [5.74, 6) is 0.519. The first-order valence-electron chi connectivity index (χ1n) is 5.95. The van der Waals surface area contributed by atoms with Gasteiger partial charge in [0.25, 0.3) is 0 Å². The number of anilines is 1. The highest BCUT2D eigenvalue weighted by Gasteiger charge is 2.04. The van der Waals surface area contributed by atoms with Gasteiger partial charge >= 0.3 is 0 Å². The summed E-state index contributed by atoms with van der Waals surface area (Å²) in [4.78, 5) is 3.90. The number of ether oxygens (including phenoxy) is 1. The van der Waals surface area contributed by atoms with Crippen molar-refractivity contribution in [1.82, 2.24) is 4.98 Å². The maximum absolute atomic E-state index is 13.5. The largest absolute Gasteiger partial charge is 0.494 e. The van der Waals surface area contributed by atoms with Crippen LogP contribution in [0.1, 0.15) is 12.5 Å². The monoisotopic (exact) mass is 280 g/mol. The zero-order valence-corrected chi connectivity index (χ0v) is 11.2. The molecule has 0 radical (unpaired) electrons. The van der Waals surface area contributed by atoms with E-state index in [1.54, 1.807) is 0 Å². The van der Waals surface area contributed by atoms with Crippen molar-refractivity contribution in [3.8, 4) is 5.75 Å². The van der Waals surface area contributed by atoms with Crippen LogP contribution in [0, 0.1) is 5.82 Å². The number of benzene rings is 1. The van der Waals surface area contributed by atoms with E-state index in [2.05, 4.69) is 10.3 Å². The van der Waals surface area contributed by atoms with Crippen molar-refractivity contribution in [2.45, 2.75) is 13.5 Å². The first-order chi connectivity index (χ1) is 9.19. The third-order valence-electron chi connectivity index (χ3n) is 2.48. The standard InChI is InChI=1S/C14H14ClFN2O/c1-2-19-12-5-3-4-10(6-12)8-17-14-13(16)7-11(15)9-18-14/h3-7,9H,2,8H2,1H3,(H,17,18). The van der Waals surface area contributed by atoms with Gasteiger partial charge in [-0.3, -0.25) is 0 Å². The molecule has 1 N–H and O–H groups in total. The van der Waals surface area contributed by atoms with Gasteiger partial charge in [0.1, 0.15) is 5.75 Å². The summed E-state index contributed by atoms with van der Waals surface area (Å²) in [6.45, 7) is 3.01. The van der Waals surface area contributed by atoms with Crippen LogP contribution in [0.2, 0.25) is 5.02 Å². The average Bonchev–Trinajstić information content (AvgIpc) is 2.38. The summed E-state index contributed by atoms with van der Waals surface area (Å²) < 4.78 is 18.9. The zero-order valence-electron chi connectivity index (χ0n) is 10.5. The lowest BCUT2D eigenvalue weighted by atomic mass is 10.2. The van der Waals surface area contributed by atoms with Gasteiger partial charge in [0.2, 0.25) is 0 Å². The Bertz CT molecular complexity index is 563. The molecule has 0 saturated heterocycles. The molecule has 1 aromatic carbocycles. The fraction of sp³-hybridized carbons (Fsp3) is 0.214. The average molecular weight is 281 g/mol. The van der Waals surface area contributed by atoms with Crippen molar-refractivity contribution in [2.75, 3.05) is 11.9 Å². The fourth-order valence-corrected chi connectivity index (χ4v) is 1.79. The molecular weight excluding hydrogens is 267 g/mol. The van der Waals surface area contributed by atoms with Gasteiger partial charge in [-0.25, -0.2) is 9.37 Å². The quantitative estimate of drug-likeness (QED) is 0.902. The molecule has 1 aromatic heterocycles. The fourth-order valence-electron chi connectivity index (χ4n) is 1.64. The molecule has 0 spiro atoms. The Balaban J connectivity index is 2.03. The van der Waals surface area contributed by atoms with E-state index in [1.807, 2.05) is 31.2 Å². The maximum Gasteiger partial charge on any atom is 0.166 e. The Morgan fingerprint density at radius 1 is 1.37 bits per heavy atom. The van der Waals surface area contributed by atoms with Crippen LogP contribution in [0.4, 0.5) is 10.2 Å². The second kappa shape index (κ2) is 6.38. The van der Waals surface area contributed by atoms with Crippen LogP contribution in [0.15, 0.2) is 36.5 Å². The third-order valence-corrected chi connectivity index (χ3v) is 2.68. The lowest BCUT2D eigenvalue weighted by molar-refractivity contribution is 0.340. The zero-order chi connectivity index (χ0) is 13.7. The molecule has 0 aliphatic rings. The normalized spacial score (nSPS) is 10.3. The Hall–Kier alpha value is -1.81. The second-order valence-electron chi connectivity index (χ2n) is 3.92. The van der Waals surface area contributed by atoms with Gasteiger partial charge in [-0.05, 0) is 30.7 Å². The molecule has 5 heteroatoms. The highest BCUT2D eigenvalue weighted by atomic mass is 35.5. The number of aromatic nitrogens is 1. The van der Waals surface area contributed by atoms with E-state index in [-0.39, 0.29) is 10.8 Å². The van der Waals surface area contributed by atoms with Gasteiger partial charge in [0, 0.05) is 12.7 Å². The van der Waals surface area contributed by atoms with Crippen molar-refractivity contribution in [1.29, 1.82) is 0 Å². The Morgan fingerprint density at radius 2 is 2.21 bits per heavy atom. The van der Waals surface area contributed by atoms with Crippen LogP contribution in [0.5, 0.6) is 5.75 Å². The molecule has 0 bridgehead atoms. The second-order valence-corrected chi connectivity index (χ2v) is 4.35. The minimum absolute atomic E-state index is 0.186. The highest BCUT2D eigenvalue weighted by Crippen LogP contribution is 2.18. The van der Waals surface area contributed by atoms with E-state index in [0.717, 1.165) is 11.3 Å². The molecule has 0 aliphatic carbocycles. The van der Waals surface area contributed by atoms with Crippen molar-refractivity contribution in [2.24, 2.45) is 0 Å². The maximum atomic E-state index is 13.5. The van der Waals surface area contributed by atoms with Gasteiger partial charge in [-0.15, -0.1) is 0 Å². The van der Waals surface area contributed by atoms with Crippen LogP contribution in [-0.2, 0) is 6.54 Å².